The Kier molecular flexibility index (Phi) is 7.39. The Morgan fingerprint density at radius 1 is 1.07 bits per heavy atom. The van der Waals surface area contributed by atoms with Crippen molar-refractivity contribution in [3.05, 3.63) is 59.7 Å². The molecule has 7 nitrogen and oxygen atoms in total. The number of hydrogen-bond donors (Lipinski definition) is 1. The van der Waals surface area contributed by atoms with Crippen LogP contribution in [0.3, 0.4) is 0 Å². The number of nitrogens with zero attached hydrogens (tertiary/aromatic N) is 2. The molecule has 1 amide bonds. The Morgan fingerprint density at radius 3 is 2.14 bits per heavy atom. The molecule has 2 rings (SSSR count). The van der Waals surface area contributed by atoms with E-state index in [0.717, 1.165) is 16.1 Å². The molecule has 0 saturated carbocycles. The standard InChI is InChI=1S/C21H27N3O4S/c1-15(2)18-8-6-17(7-9-18)14-22-23-21(25)16(3)24(29(5,26)27)19-10-12-20(28-4)13-11-19/h6-16H,1-5H3,(H,23,25). The fourth-order valence-electron chi connectivity index (χ4n) is 2.77. The van der Waals surface area contributed by atoms with Gasteiger partial charge in [0.15, 0.2) is 0 Å². The minimum Gasteiger partial charge on any atom is -0.497 e. The summed E-state index contributed by atoms with van der Waals surface area (Å²) in [5, 5.41) is 3.96. The summed E-state index contributed by atoms with van der Waals surface area (Å²) in [7, 11) is -2.17. The molecule has 2 aromatic rings. The lowest BCUT2D eigenvalue weighted by Gasteiger charge is -2.27. The number of rotatable bonds is 8. The van der Waals surface area contributed by atoms with Crippen molar-refractivity contribution in [2.75, 3.05) is 17.7 Å². The van der Waals surface area contributed by atoms with Gasteiger partial charge >= 0.3 is 0 Å². The number of hydrazone groups is 1. The number of methoxy groups -OCH3 is 1. The molecule has 0 saturated heterocycles. The molecule has 2 aromatic carbocycles. The first kappa shape index (κ1) is 22.4. The number of hydrogen-bond acceptors (Lipinski definition) is 5. The predicted molar refractivity (Wildman–Crippen MR) is 116 cm³/mol. The SMILES string of the molecule is COc1ccc(N(C(C)C(=O)NN=Cc2ccc(C(C)C)cc2)S(C)(=O)=O)cc1. The van der Waals surface area contributed by atoms with Crippen molar-refractivity contribution in [2.45, 2.75) is 32.7 Å². The van der Waals surface area contributed by atoms with Crippen LogP contribution in [-0.4, -0.2) is 39.9 Å². The summed E-state index contributed by atoms with van der Waals surface area (Å²) in [6.45, 7) is 5.73. The molecule has 0 aromatic heterocycles. The van der Waals surface area contributed by atoms with Crippen molar-refractivity contribution >= 4 is 27.8 Å². The van der Waals surface area contributed by atoms with E-state index in [2.05, 4.69) is 24.4 Å². The lowest BCUT2D eigenvalue weighted by molar-refractivity contribution is -0.121. The lowest BCUT2D eigenvalue weighted by atomic mass is 10.0. The maximum atomic E-state index is 12.5. The van der Waals surface area contributed by atoms with Crippen LogP contribution in [0.25, 0.3) is 0 Å². The Hall–Kier alpha value is -2.87. The van der Waals surface area contributed by atoms with E-state index in [-0.39, 0.29) is 0 Å². The van der Waals surface area contributed by atoms with Crippen LogP contribution in [0.2, 0.25) is 0 Å². The summed E-state index contributed by atoms with van der Waals surface area (Å²) >= 11 is 0. The van der Waals surface area contributed by atoms with Gasteiger partial charge in [0.2, 0.25) is 10.0 Å². The predicted octanol–water partition coefficient (Wildman–Crippen LogP) is 3.12. The third-order valence-electron chi connectivity index (χ3n) is 4.41. The average molecular weight is 418 g/mol. The molecule has 0 radical (unpaired) electrons. The summed E-state index contributed by atoms with van der Waals surface area (Å²) in [5.41, 5.74) is 4.82. The van der Waals surface area contributed by atoms with Crippen molar-refractivity contribution in [1.29, 1.82) is 0 Å². The van der Waals surface area contributed by atoms with Gasteiger partial charge < -0.3 is 4.74 Å². The quantitative estimate of drug-likeness (QED) is 0.528. The normalized spacial score (nSPS) is 12.8. The number of benzene rings is 2. The smallest absolute Gasteiger partial charge is 0.263 e. The van der Waals surface area contributed by atoms with Crippen molar-refractivity contribution in [1.82, 2.24) is 5.43 Å². The number of sulfonamides is 1. The van der Waals surface area contributed by atoms with Crippen molar-refractivity contribution < 1.29 is 17.9 Å². The number of anilines is 1. The Bertz CT molecular complexity index is 952. The summed E-state index contributed by atoms with van der Waals surface area (Å²) < 4.78 is 30.7. The van der Waals surface area contributed by atoms with E-state index >= 15 is 0 Å². The minimum absolute atomic E-state index is 0.365. The molecule has 156 valence electrons. The Morgan fingerprint density at radius 2 is 1.66 bits per heavy atom. The van der Waals surface area contributed by atoms with E-state index < -0.39 is 22.0 Å². The summed E-state index contributed by atoms with van der Waals surface area (Å²) in [5.74, 6) is 0.482. The monoisotopic (exact) mass is 417 g/mol. The molecular weight excluding hydrogens is 390 g/mol. The van der Waals surface area contributed by atoms with Gasteiger partial charge in [0.05, 0.1) is 25.3 Å². The summed E-state index contributed by atoms with van der Waals surface area (Å²) in [4.78, 5) is 12.5. The topological polar surface area (TPSA) is 88.1 Å². The van der Waals surface area contributed by atoms with Gasteiger partial charge in [-0.2, -0.15) is 5.10 Å². The zero-order valence-electron chi connectivity index (χ0n) is 17.3. The van der Waals surface area contributed by atoms with Gasteiger partial charge in [0.25, 0.3) is 5.91 Å². The van der Waals surface area contributed by atoms with Crippen LogP contribution in [0.5, 0.6) is 5.75 Å². The van der Waals surface area contributed by atoms with Crippen LogP contribution in [-0.2, 0) is 14.8 Å². The molecule has 1 atom stereocenters. The van der Waals surface area contributed by atoms with Crippen LogP contribution in [0.15, 0.2) is 53.6 Å². The first-order valence-corrected chi connectivity index (χ1v) is 11.0. The molecule has 0 fully saturated rings. The largest absolute Gasteiger partial charge is 0.497 e. The highest BCUT2D eigenvalue weighted by Gasteiger charge is 2.29. The Labute approximate surface area is 172 Å². The van der Waals surface area contributed by atoms with Gasteiger partial charge in [-0.15, -0.1) is 0 Å². The number of nitrogens with one attached hydrogen (secondary N) is 1. The van der Waals surface area contributed by atoms with Crippen LogP contribution < -0.4 is 14.5 Å². The van der Waals surface area contributed by atoms with Crippen molar-refractivity contribution in [2.24, 2.45) is 5.10 Å². The molecular formula is C21H27N3O4S. The lowest BCUT2D eigenvalue weighted by Crippen LogP contribution is -2.46. The van der Waals surface area contributed by atoms with Gasteiger partial charge in [0, 0.05) is 0 Å². The van der Waals surface area contributed by atoms with Crippen molar-refractivity contribution in [3.63, 3.8) is 0 Å². The van der Waals surface area contributed by atoms with Gasteiger partial charge in [-0.25, -0.2) is 13.8 Å². The molecule has 8 heteroatoms. The van der Waals surface area contributed by atoms with Crippen LogP contribution >= 0.6 is 0 Å². The zero-order chi connectivity index (χ0) is 21.6. The third-order valence-corrected chi connectivity index (χ3v) is 5.65. The van der Waals surface area contributed by atoms with E-state index in [4.69, 9.17) is 4.74 Å². The van der Waals surface area contributed by atoms with Gasteiger partial charge in [-0.1, -0.05) is 38.1 Å². The maximum absolute atomic E-state index is 12.5. The first-order chi connectivity index (χ1) is 13.6. The number of carbonyl (C=O) groups excluding carboxylic acids is 1. The third kappa shape index (κ3) is 6.05. The fraction of sp³-hybridized carbons (Fsp3) is 0.333. The molecule has 0 spiro atoms. The molecule has 0 aliphatic carbocycles. The zero-order valence-corrected chi connectivity index (χ0v) is 18.1. The summed E-state index contributed by atoms with van der Waals surface area (Å²) in [6.07, 6.45) is 2.58. The van der Waals surface area contributed by atoms with E-state index in [1.165, 1.54) is 25.8 Å². The molecule has 1 N–H and O–H groups in total. The van der Waals surface area contributed by atoms with E-state index in [1.807, 2.05) is 24.3 Å². The molecule has 0 bridgehead atoms. The van der Waals surface area contributed by atoms with E-state index in [0.29, 0.717) is 17.4 Å². The molecule has 29 heavy (non-hydrogen) atoms. The second-order valence-corrected chi connectivity index (χ2v) is 8.85. The van der Waals surface area contributed by atoms with Crippen LogP contribution in [0.4, 0.5) is 5.69 Å². The molecule has 0 aliphatic heterocycles. The number of amides is 1. The number of carbonyl (C=O) groups is 1. The number of ether oxygens (including phenoxy) is 1. The van der Waals surface area contributed by atoms with Gasteiger partial charge in [0.1, 0.15) is 11.8 Å². The van der Waals surface area contributed by atoms with Gasteiger partial charge in [-0.05, 0) is 48.2 Å². The molecule has 1 unspecified atom stereocenters. The van der Waals surface area contributed by atoms with Gasteiger partial charge in [-0.3, -0.25) is 9.10 Å². The molecule has 0 heterocycles. The second kappa shape index (κ2) is 9.56. The van der Waals surface area contributed by atoms with E-state index in [9.17, 15) is 13.2 Å². The highest BCUT2D eigenvalue weighted by molar-refractivity contribution is 7.92. The van der Waals surface area contributed by atoms with E-state index in [1.54, 1.807) is 24.3 Å². The highest BCUT2D eigenvalue weighted by Crippen LogP contribution is 2.23. The average Bonchev–Trinajstić information content (AvgIpc) is 2.67. The van der Waals surface area contributed by atoms with Crippen molar-refractivity contribution in [3.8, 4) is 5.75 Å². The minimum atomic E-state index is -3.69. The van der Waals surface area contributed by atoms with Crippen LogP contribution in [0, 0.1) is 0 Å². The van der Waals surface area contributed by atoms with Crippen LogP contribution in [0.1, 0.15) is 37.8 Å². The second-order valence-electron chi connectivity index (χ2n) is 6.99. The highest BCUT2D eigenvalue weighted by atomic mass is 32.2. The summed E-state index contributed by atoms with van der Waals surface area (Å²) in [6, 6.07) is 13.3. The fourth-order valence-corrected chi connectivity index (χ4v) is 3.94. The molecule has 0 aliphatic rings. The first-order valence-electron chi connectivity index (χ1n) is 9.20. The maximum Gasteiger partial charge on any atom is 0.263 e. The Balaban J connectivity index is 2.12.